The second-order valence-electron chi connectivity index (χ2n) is 8.54. The SMILES string of the molecule is CCCC(=O)N(c1ccc(OC)c(OC)c1)C1CCN(Cc2ccc3c(c2)OCCO3)CC1. The highest BCUT2D eigenvalue weighted by molar-refractivity contribution is 5.94. The normalized spacial score (nSPS) is 16.3. The van der Waals surface area contributed by atoms with E-state index in [1.165, 1.54) is 5.56 Å². The third-order valence-corrected chi connectivity index (χ3v) is 6.31. The Bertz CT molecular complexity index is 956. The molecule has 0 unspecified atom stereocenters. The lowest BCUT2D eigenvalue weighted by molar-refractivity contribution is -0.119. The molecule has 2 heterocycles. The van der Waals surface area contributed by atoms with Crippen LogP contribution in [0.15, 0.2) is 36.4 Å². The first kappa shape index (κ1) is 23.2. The van der Waals surface area contributed by atoms with Crippen LogP contribution in [0.1, 0.15) is 38.2 Å². The van der Waals surface area contributed by atoms with Crippen LogP contribution >= 0.6 is 0 Å². The summed E-state index contributed by atoms with van der Waals surface area (Å²) in [5.74, 6) is 3.12. The number of ether oxygens (including phenoxy) is 4. The molecule has 2 aromatic carbocycles. The molecular weight excluding hydrogens is 420 g/mol. The molecule has 178 valence electrons. The highest BCUT2D eigenvalue weighted by atomic mass is 16.6. The number of rotatable bonds is 8. The predicted octanol–water partition coefficient (Wildman–Crippen LogP) is 4.27. The van der Waals surface area contributed by atoms with E-state index in [9.17, 15) is 4.79 Å². The Hall–Kier alpha value is -2.93. The third kappa shape index (κ3) is 5.36. The first-order valence-corrected chi connectivity index (χ1v) is 11.8. The number of likely N-dealkylation sites (tertiary alicyclic amines) is 1. The molecule has 4 rings (SSSR count). The highest BCUT2D eigenvalue weighted by Crippen LogP contribution is 2.35. The van der Waals surface area contributed by atoms with Crippen molar-refractivity contribution >= 4 is 11.6 Å². The van der Waals surface area contributed by atoms with E-state index in [1.54, 1.807) is 14.2 Å². The molecule has 2 aliphatic heterocycles. The van der Waals surface area contributed by atoms with E-state index in [0.717, 1.165) is 56.1 Å². The molecular formula is C26H34N2O5. The Morgan fingerprint density at radius 2 is 1.73 bits per heavy atom. The summed E-state index contributed by atoms with van der Waals surface area (Å²) in [5.41, 5.74) is 2.09. The Kier molecular flexibility index (Phi) is 7.60. The fraction of sp³-hybridized carbons (Fsp3) is 0.500. The average Bonchev–Trinajstić information content (AvgIpc) is 2.85. The number of amides is 1. The van der Waals surface area contributed by atoms with Gasteiger partial charge in [-0.3, -0.25) is 9.69 Å². The largest absolute Gasteiger partial charge is 0.493 e. The number of nitrogens with zero attached hydrogens (tertiary/aromatic N) is 2. The van der Waals surface area contributed by atoms with Crippen molar-refractivity contribution in [3.63, 3.8) is 0 Å². The van der Waals surface area contributed by atoms with Gasteiger partial charge < -0.3 is 23.8 Å². The molecule has 1 amide bonds. The summed E-state index contributed by atoms with van der Waals surface area (Å²) in [5, 5.41) is 0. The van der Waals surface area contributed by atoms with Gasteiger partial charge in [-0.25, -0.2) is 0 Å². The second-order valence-corrected chi connectivity index (χ2v) is 8.54. The van der Waals surface area contributed by atoms with Crippen molar-refractivity contribution in [2.24, 2.45) is 0 Å². The maximum atomic E-state index is 13.1. The molecule has 1 fully saturated rings. The minimum atomic E-state index is 0.162. The van der Waals surface area contributed by atoms with Crippen LogP contribution in [0.25, 0.3) is 0 Å². The van der Waals surface area contributed by atoms with Crippen molar-refractivity contribution in [2.45, 2.75) is 45.2 Å². The average molecular weight is 455 g/mol. The van der Waals surface area contributed by atoms with Gasteiger partial charge in [0.15, 0.2) is 23.0 Å². The lowest BCUT2D eigenvalue weighted by atomic mass is 10.0. The van der Waals surface area contributed by atoms with Crippen LogP contribution in [-0.2, 0) is 11.3 Å². The summed E-state index contributed by atoms with van der Waals surface area (Å²) in [6.45, 7) is 5.97. The Balaban J connectivity index is 1.44. The number of piperidine rings is 1. The third-order valence-electron chi connectivity index (χ3n) is 6.31. The molecule has 0 spiro atoms. The Morgan fingerprint density at radius 3 is 2.42 bits per heavy atom. The van der Waals surface area contributed by atoms with Gasteiger partial charge in [0.25, 0.3) is 0 Å². The number of benzene rings is 2. The monoisotopic (exact) mass is 454 g/mol. The van der Waals surface area contributed by atoms with Gasteiger partial charge in [-0.15, -0.1) is 0 Å². The van der Waals surface area contributed by atoms with E-state index < -0.39 is 0 Å². The molecule has 0 aliphatic carbocycles. The molecule has 0 N–H and O–H groups in total. The Morgan fingerprint density at radius 1 is 1.00 bits per heavy atom. The second kappa shape index (κ2) is 10.8. The van der Waals surface area contributed by atoms with E-state index in [4.69, 9.17) is 18.9 Å². The number of anilines is 1. The number of carbonyl (C=O) groups excluding carboxylic acids is 1. The fourth-order valence-electron chi connectivity index (χ4n) is 4.65. The van der Waals surface area contributed by atoms with Crippen molar-refractivity contribution in [1.29, 1.82) is 0 Å². The molecule has 7 nitrogen and oxygen atoms in total. The van der Waals surface area contributed by atoms with Gasteiger partial charge in [-0.05, 0) is 49.1 Å². The van der Waals surface area contributed by atoms with Crippen LogP contribution in [0.4, 0.5) is 5.69 Å². The van der Waals surface area contributed by atoms with Crippen molar-refractivity contribution in [3.05, 3.63) is 42.0 Å². The summed E-state index contributed by atoms with van der Waals surface area (Å²) >= 11 is 0. The smallest absolute Gasteiger partial charge is 0.227 e. The number of methoxy groups -OCH3 is 2. The van der Waals surface area contributed by atoms with Gasteiger partial charge >= 0.3 is 0 Å². The van der Waals surface area contributed by atoms with Crippen molar-refractivity contribution in [2.75, 3.05) is 45.4 Å². The molecule has 0 radical (unpaired) electrons. The maximum Gasteiger partial charge on any atom is 0.227 e. The summed E-state index contributed by atoms with van der Waals surface area (Å²) in [7, 11) is 3.24. The lowest BCUT2D eigenvalue weighted by Crippen LogP contribution is -2.47. The van der Waals surface area contributed by atoms with E-state index >= 15 is 0 Å². The standard InChI is InChI=1S/C26H34N2O5/c1-4-5-26(29)28(21-7-9-22(30-2)24(17-21)31-3)20-10-12-27(13-11-20)18-19-6-8-23-25(16-19)33-15-14-32-23/h6-9,16-17,20H,4-5,10-15,18H2,1-3H3. The first-order chi connectivity index (χ1) is 16.1. The van der Waals surface area contributed by atoms with E-state index in [0.29, 0.717) is 31.1 Å². The fourth-order valence-corrected chi connectivity index (χ4v) is 4.65. The van der Waals surface area contributed by atoms with Gasteiger partial charge in [-0.1, -0.05) is 13.0 Å². The Labute approximate surface area is 196 Å². The van der Waals surface area contributed by atoms with Gasteiger partial charge in [0.2, 0.25) is 5.91 Å². The zero-order valence-corrected chi connectivity index (χ0v) is 19.8. The molecule has 1 saturated heterocycles. The molecule has 2 aromatic rings. The minimum absolute atomic E-state index is 0.162. The minimum Gasteiger partial charge on any atom is -0.493 e. The summed E-state index contributed by atoms with van der Waals surface area (Å²) in [4.78, 5) is 17.5. The zero-order valence-electron chi connectivity index (χ0n) is 19.8. The zero-order chi connectivity index (χ0) is 23.2. The molecule has 0 bridgehead atoms. The molecule has 7 heteroatoms. The summed E-state index contributed by atoms with van der Waals surface area (Å²) in [6.07, 6.45) is 3.21. The topological polar surface area (TPSA) is 60.5 Å². The number of hydrogen-bond donors (Lipinski definition) is 0. The molecule has 2 aliphatic rings. The van der Waals surface area contributed by atoms with Crippen LogP contribution in [-0.4, -0.2) is 57.4 Å². The van der Waals surface area contributed by atoms with Crippen molar-refractivity contribution in [1.82, 2.24) is 4.90 Å². The van der Waals surface area contributed by atoms with E-state index in [1.807, 2.05) is 36.1 Å². The van der Waals surface area contributed by atoms with Gasteiger partial charge in [0, 0.05) is 43.9 Å². The molecule has 0 saturated carbocycles. The van der Waals surface area contributed by atoms with Crippen LogP contribution in [0.2, 0.25) is 0 Å². The van der Waals surface area contributed by atoms with Crippen LogP contribution in [0, 0.1) is 0 Å². The number of carbonyl (C=O) groups is 1. The first-order valence-electron chi connectivity index (χ1n) is 11.8. The van der Waals surface area contributed by atoms with E-state index in [-0.39, 0.29) is 11.9 Å². The summed E-state index contributed by atoms with van der Waals surface area (Å²) in [6, 6.07) is 12.1. The lowest BCUT2D eigenvalue weighted by Gasteiger charge is -2.39. The van der Waals surface area contributed by atoms with E-state index in [2.05, 4.69) is 17.0 Å². The van der Waals surface area contributed by atoms with Gasteiger partial charge in [-0.2, -0.15) is 0 Å². The van der Waals surface area contributed by atoms with Crippen LogP contribution in [0.3, 0.4) is 0 Å². The maximum absolute atomic E-state index is 13.1. The predicted molar refractivity (Wildman–Crippen MR) is 128 cm³/mol. The molecule has 0 aromatic heterocycles. The number of hydrogen-bond acceptors (Lipinski definition) is 6. The van der Waals surface area contributed by atoms with Crippen molar-refractivity contribution in [3.8, 4) is 23.0 Å². The molecule has 0 atom stereocenters. The van der Waals surface area contributed by atoms with Crippen LogP contribution in [0.5, 0.6) is 23.0 Å². The van der Waals surface area contributed by atoms with Gasteiger partial charge in [0.1, 0.15) is 13.2 Å². The summed E-state index contributed by atoms with van der Waals surface area (Å²) < 4.78 is 22.2. The molecule has 33 heavy (non-hydrogen) atoms. The number of fused-ring (bicyclic) bond motifs is 1. The highest BCUT2D eigenvalue weighted by Gasteiger charge is 2.29. The van der Waals surface area contributed by atoms with Crippen molar-refractivity contribution < 1.29 is 23.7 Å². The van der Waals surface area contributed by atoms with Gasteiger partial charge in [0.05, 0.1) is 14.2 Å². The van der Waals surface area contributed by atoms with Crippen LogP contribution < -0.4 is 23.8 Å². The quantitative estimate of drug-likeness (QED) is 0.594.